The minimum Gasteiger partial charge on any atom is -0.465 e. The molecule has 0 atom stereocenters. The molecule has 0 aliphatic rings. The van der Waals surface area contributed by atoms with Crippen molar-refractivity contribution in [3.63, 3.8) is 0 Å². The highest BCUT2D eigenvalue weighted by molar-refractivity contribution is 6.30. The summed E-state index contributed by atoms with van der Waals surface area (Å²) in [5.41, 5.74) is 2.95. The van der Waals surface area contributed by atoms with E-state index in [2.05, 4.69) is 9.97 Å². The number of carbonyl (C=O) groups is 1. The monoisotopic (exact) mass is 286 g/mol. The van der Waals surface area contributed by atoms with E-state index >= 15 is 0 Å². The van der Waals surface area contributed by atoms with Gasteiger partial charge in [0.1, 0.15) is 5.82 Å². The third kappa shape index (κ3) is 2.26. The van der Waals surface area contributed by atoms with Crippen molar-refractivity contribution in [2.75, 3.05) is 7.11 Å². The molecule has 3 rings (SSSR count). The van der Waals surface area contributed by atoms with Gasteiger partial charge in [0.25, 0.3) is 0 Å². The molecule has 20 heavy (non-hydrogen) atoms. The standard InChI is InChI=1S/C15H11ClN2O2/c1-20-15(19)10-5-6-12-13(8-10)18-14(17-12)9-3-2-4-11(16)7-9/h2-8H,1H3,(H,17,18). The molecule has 0 saturated heterocycles. The van der Waals surface area contributed by atoms with E-state index < -0.39 is 0 Å². The zero-order valence-electron chi connectivity index (χ0n) is 10.7. The lowest BCUT2D eigenvalue weighted by molar-refractivity contribution is 0.0601. The van der Waals surface area contributed by atoms with Gasteiger partial charge in [0, 0.05) is 10.6 Å². The minimum absolute atomic E-state index is 0.370. The van der Waals surface area contributed by atoms with Crippen molar-refractivity contribution in [2.24, 2.45) is 0 Å². The summed E-state index contributed by atoms with van der Waals surface area (Å²) in [7, 11) is 1.36. The number of ether oxygens (including phenoxy) is 1. The van der Waals surface area contributed by atoms with Gasteiger partial charge < -0.3 is 9.72 Å². The second kappa shape index (κ2) is 4.98. The van der Waals surface area contributed by atoms with Gasteiger partial charge in [0.15, 0.2) is 0 Å². The van der Waals surface area contributed by atoms with E-state index in [1.54, 1.807) is 18.2 Å². The fraction of sp³-hybridized carbons (Fsp3) is 0.0667. The number of nitrogens with one attached hydrogen (secondary N) is 1. The van der Waals surface area contributed by atoms with Crippen LogP contribution in [0.1, 0.15) is 10.4 Å². The molecule has 5 heteroatoms. The molecule has 0 amide bonds. The number of aromatic amines is 1. The second-order valence-corrected chi connectivity index (χ2v) is 4.76. The number of halogens is 1. The highest BCUT2D eigenvalue weighted by atomic mass is 35.5. The summed E-state index contributed by atoms with van der Waals surface area (Å²) < 4.78 is 4.70. The first-order chi connectivity index (χ1) is 9.67. The Morgan fingerprint density at radius 1 is 1.25 bits per heavy atom. The first kappa shape index (κ1) is 12.7. The normalized spacial score (nSPS) is 10.7. The number of carbonyl (C=O) groups excluding carboxylic acids is 1. The minimum atomic E-state index is -0.370. The topological polar surface area (TPSA) is 55.0 Å². The van der Waals surface area contributed by atoms with Gasteiger partial charge in [-0.05, 0) is 30.3 Å². The molecule has 0 unspecified atom stereocenters. The molecule has 1 heterocycles. The molecule has 1 N–H and O–H groups in total. The van der Waals surface area contributed by atoms with Crippen molar-refractivity contribution in [3.05, 3.63) is 53.1 Å². The van der Waals surface area contributed by atoms with E-state index in [0.717, 1.165) is 16.6 Å². The van der Waals surface area contributed by atoms with E-state index in [9.17, 15) is 4.79 Å². The summed E-state index contributed by atoms with van der Waals surface area (Å²) in [5.74, 6) is 0.343. The van der Waals surface area contributed by atoms with Crippen LogP contribution >= 0.6 is 11.6 Å². The van der Waals surface area contributed by atoms with Crippen LogP contribution in [0.3, 0.4) is 0 Å². The van der Waals surface area contributed by atoms with Crippen molar-refractivity contribution in [2.45, 2.75) is 0 Å². The van der Waals surface area contributed by atoms with Gasteiger partial charge in [-0.15, -0.1) is 0 Å². The van der Waals surface area contributed by atoms with Crippen LogP contribution in [0.2, 0.25) is 5.02 Å². The molecule has 1 aromatic heterocycles. The molecule has 3 aromatic rings. The Kier molecular flexibility index (Phi) is 3.16. The molecule has 0 fully saturated rings. The zero-order chi connectivity index (χ0) is 14.1. The van der Waals surface area contributed by atoms with Crippen LogP contribution in [-0.2, 0) is 4.74 Å². The third-order valence-corrected chi connectivity index (χ3v) is 3.24. The van der Waals surface area contributed by atoms with Crippen LogP contribution in [0.25, 0.3) is 22.4 Å². The van der Waals surface area contributed by atoms with Gasteiger partial charge >= 0.3 is 5.97 Å². The average Bonchev–Trinajstić information content (AvgIpc) is 2.89. The number of aromatic nitrogens is 2. The van der Waals surface area contributed by atoms with E-state index in [0.29, 0.717) is 16.4 Å². The Bertz CT molecular complexity index is 795. The first-order valence-corrected chi connectivity index (χ1v) is 6.39. The van der Waals surface area contributed by atoms with Gasteiger partial charge in [-0.2, -0.15) is 0 Å². The van der Waals surface area contributed by atoms with Crippen molar-refractivity contribution >= 4 is 28.6 Å². The van der Waals surface area contributed by atoms with Crippen LogP contribution in [0.15, 0.2) is 42.5 Å². The Morgan fingerprint density at radius 3 is 2.85 bits per heavy atom. The molecule has 0 spiro atoms. The average molecular weight is 287 g/mol. The predicted molar refractivity (Wildman–Crippen MR) is 77.9 cm³/mol. The number of H-pyrrole nitrogens is 1. The lowest BCUT2D eigenvalue weighted by Crippen LogP contribution is -2.00. The summed E-state index contributed by atoms with van der Waals surface area (Å²) in [6, 6.07) is 12.6. The Balaban J connectivity index is 2.09. The number of esters is 1. The summed E-state index contributed by atoms with van der Waals surface area (Å²) in [6.45, 7) is 0. The predicted octanol–water partition coefficient (Wildman–Crippen LogP) is 3.67. The molecule has 0 saturated carbocycles. The largest absolute Gasteiger partial charge is 0.465 e. The van der Waals surface area contributed by atoms with Gasteiger partial charge in [0.2, 0.25) is 0 Å². The molecule has 2 aromatic carbocycles. The van der Waals surface area contributed by atoms with Crippen molar-refractivity contribution < 1.29 is 9.53 Å². The Morgan fingerprint density at radius 2 is 2.10 bits per heavy atom. The maximum Gasteiger partial charge on any atom is 0.337 e. The molecular weight excluding hydrogens is 276 g/mol. The van der Waals surface area contributed by atoms with E-state index in [1.807, 2.05) is 24.3 Å². The molecule has 0 aliphatic carbocycles. The summed E-state index contributed by atoms with van der Waals surface area (Å²) in [6.07, 6.45) is 0. The van der Waals surface area contributed by atoms with Crippen LogP contribution in [0.5, 0.6) is 0 Å². The molecule has 100 valence electrons. The molecule has 0 aliphatic heterocycles. The van der Waals surface area contributed by atoms with Gasteiger partial charge in [-0.25, -0.2) is 9.78 Å². The first-order valence-electron chi connectivity index (χ1n) is 6.01. The number of rotatable bonds is 2. The van der Waals surface area contributed by atoms with E-state index in [4.69, 9.17) is 16.3 Å². The van der Waals surface area contributed by atoms with Gasteiger partial charge in [-0.3, -0.25) is 0 Å². The fourth-order valence-corrected chi connectivity index (χ4v) is 2.22. The molecule has 4 nitrogen and oxygen atoms in total. The number of methoxy groups -OCH3 is 1. The third-order valence-electron chi connectivity index (χ3n) is 3.00. The summed E-state index contributed by atoms with van der Waals surface area (Å²) in [5, 5.41) is 0.651. The number of hydrogen-bond donors (Lipinski definition) is 1. The molecule has 0 radical (unpaired) electrons. The Hall–Kier alpha value is -2.33. The summed E-state index contributed by atoms with van der Waals surface area (Å²) in [4.78, 5) is 19.2. The van der Waals surface area contributed by atoms with Crippen LogP contribution < -0.4 is 0 Å². The van der Waals surface area contributed by atoms with Crippen LogP contribution in [0, 0.1) is 0 Å². The highest BCUT2D eigenvalue weighted by Gasteiger charge is 2.10. The second-order valence-electron chi connectivity index (χ2n) is 4.32. The van der Waals surface area contributed by atoms with Gasteiger partial charge in [0.05, 0.1) is 23.7 Å². The van der Waals surface area contributed by atoms with Gasteiger partial charge in [-0.1, -0.05) is 23.7 Å². The fourth-order valence-electron chi connectivity index (χ4n) is 2.03. The van der Waals surface area contributed by atoms with Crippen molar-refractivity contribution in [1.82, 2.24) is 9.97 Å². The SMILES string of the molecule is COC(=O)c1ccc2nc(-c3cccc(Cl)c3)[nH]c2c1. The lowest BCUT2D eigenvalue weighted by Gasteiger charge is -1.97. The maximum atomic E-state index is 11.5. The van der Waals surface area contributed by atoms with Crippen molar-refractivity contribution in [1.29, 1.82) is 0 Å². The zero-order valence-corrected chi connectivity index (χ0v) is 11.4. The quantitative estimate of drug-likeness (QED) is 0.731. The number of hydrogen-bond acceptors (Lipinski definition) is 3. The lowest BCUT2D eigenvalue weighted by atomic mass is 10.2. The smallest absolute Gasteiger partial charge is 0.337 e. The number of fused-ring (bicyclic) bond motifs is 1. The maximum absolute atomic E-state index is 11.5. The Labute approximate surface area is 120 Å². The number of benzene rings is 2. The van der Waals surface area contributed by atoms with Crippen molar-refractivity contribution in [3.8, 4) is 11.4 Å². The molecule has 0 bridgehead atoms. The van der Waals surface area contributed by atoms with E-state index in [1.165, 1.54) is 7.11 Å². The summed E-state index contributed by atoms with van der Waals surface area (Å²) >= 11 is 5.98. The van der Waals surface area contributed by atoms with Crippen LogP contribution in [-0.4, -0.2) is 23.0 Å². The number of imidazole rings is 1. The van der Waals surface area contributed by atoms with Crippen LogP contribution in [0.4, 0.5) is 0 Å². The molecular formula is C15H11ClN2O2. The van der Waals surface area contributed by atoms with E-state index in [-0.39, 0.29) is 5.97 Å². The number of nitrogens with zero attached hydrogens (tertiary/aromatic N) is 1. The highest BCUT2D eigenvalue weighted by Crippen LogP contribution is 2.23.